The third-order valence-electron chi connectivity index (χ3n) is 4.42. The fourth-order valence-corrected chi connectivity index (χ4v) is 3.80. The largest absolute Gasteiger partial charge is 0.460 e. The summed E-state index contributed by atoms with van der Waals surface area (Å²) in [5.74, 6) is -0.0222. The molecule has 6 nitrogen and oxygen atoms in total. The van der Waals surface area contributed by atoms with Gasteiger partial charge >= 0.3 is 6.01 Å². The highest BCUT2D eigenvalue weighted by Gasteiger charge is 2.24. The molecule has 1 saturated carbocycles. The van der Waals surface area contributed by atoms with Crippen LogP contribution in [0.25, 0.3) is 10.2 Å². The van der Waals surface area contributed by atoms with E-state index in [0.29, 0.717) is 11.6 Å². The number of nitrogens with zero attached hydrogens (tertiary/aromatic N) is 3. The van der Waals surface area contributed by atoms with E-state index in [1.165, 1.54) is 0 Å². The number of hydrogen-bond acceptors (Lipinski definition) is 6. The first-order valence-electron chi connectivity index (χ1n) is 8.36. The molecule has 0 atom stereocenters. The van der Waals surface area contributed by atoms with Crippen molar-refractivity contribution in [3.05, 3.63) is 47.7 Å². The Hall–Kier alpha value is -2.54. The van der Waals surface area contributed by atoms with Crippen LogP contribution in [0.1, 0.15) is 36.0 Å². The molecular weight excluding hydrogens is 336 g/mol. The van der Waals surface area contributed by atoms with Crippen molar-refractivity contribution in [3.63, 3.8) is 0 Å². The van der Waals surface area contributed by atoms with Crippen molar-refractivity contribution >= 4 is 27.5 Å². The van der Waals surface area contributed by atoms with Crippen LogP contribution in [0.2, 0.25) is 0 Å². The highest BCUT2D eigenvalue weighted by molar-refractivity contribution is 7.16. The molecule has 4 rings (SSSR count). The average Bonchev–Trinajstić information content (AvgIpc) is 3.12. The number of aromatic nitrogens is 3. The Balaban J connectivity index is 1.31. The molecule has 2 aromatic heterocycles. The molecule has 1 amide bonds. The smallest absolute Gasteiger partial charge is 0.316 e. The SMILES string of the molecule is O=C(NC1CCC(Oc2ncccn2)CC1)c1ccc2ncsc2c1. The molecule has 1 aliphatic carbocycles. The van der Waals surface area contributed by atoms with Crippen molar-refractivity contribution in [1.82, 2.24) is 20.3 Å². The number of benzene rings is 1. The van der Waals surface area contributed by atoms with Crippen LogP contribution in [-0.4, -0.2) is 33.0 Å². The fraction of sp³-hybridized carbons (Fsp3) is 0.333. The molecule has 25 heavy (non-hydrogen) atoms. The summed E-state index contributed by atoms with van der Waals surface area (Å²) in [5.41, 5.74) is 3.42. The zero-order valence-corrected chi connectivity index (χ0v) is 14.4. The van der Waals surface area contributed by atoms with Gasteiger partial charge in [0.1, 0.15) is 6.10 Å². The minimum Gasteiger partial charge on any atom is -0.460 e. The van der Waals surface area contributed by atoms with E-state index >= 15 is 0 Å². The zero-order chi connectivity index (χ0) is 17.1. The highest BCUT2D eigenvalue weighted by atomic mass is 32.1. The van der Waals surface area contributed by atoms with Gasteiger partial charge in [0, 0.05) is 24.0 Å². The predicted octanol–water partition coefficient (Wildman–Crippen LogP) is 3.21. The van der Waals surface area contributed by atoms with Gasteiger partial charge in [0.25, 0.3) is 5.91 Å². The number of fused-ring (bicyclic) bond motifs is 1. The van der Waals surface area contributed by atoms with Crippen LogP contribution in [0.15, 0.2) is 42.2 Å². The number of carbonyl (C=O) groups excluding carboxylic acids is 1. The highest BCUT2D eigenvalue weighted by Crippen LogP contribution is 2.23. The fourth-order valence-electron chi connectivity index (χ4n) is 3.09. The number of nitrogens with one attached hydrogen (secondary N) is 1. The standard InChI is InChI=1S/C18H18N4O2S/c23-17(12-2-7-15-16(10-12)25-11-21-15)22-13-3-5-14(6-4-13)24-18-19-8-1-9-20-18/h1-2,7-11,13-14H,3-6H2,(H,22,23). The third kappa shape index (κ3) is 3.76. The van der Waals surface area contributed by atoms with Crippen molar-refractivity contribution < 1.29 is 9.53 Å². The summed E-state index contributed by atoms with van der Waals surface area (Å²) in [5, 5.41) is 3.13. The monoisotopic (exact) mass is 354 g/mol. The molecule has 128 valence electrons. The zero-order valence-electron chi connectivity index (χ0n) is 13.6. The summed E-state index contributed by atoms with van der Waals surface area (Å²) < 4.78 is 6.83. The van der Waals surface area contributed by atoms with Crippen LogP contribution in [0.4, 0.5) is 0 Å². The molecule has 3 aromatic rings. The van der Waals surface area contributed by atoms with E-state index in [9.17, 15) is 4.79 Å². The lowest BCUT2D eigenvalue weighted by Crippen LogP contribution is -2.39. The van der Waals surface area contributed by atoms with Crippen molar-refractivity contribution in [1.29, 1.82) is 0 Å². The lowest BCUT2D eigenvalue weighted by Gasteiger charge is -2.28. The van der Waals surface area contributed by atoms with Crippen LogP contribution >= 0.6 is 11.3 Å². The van der Waals surface area contributed by atoms with E-state index in [-0.39, 0.29) is 18.1 Å². The average molecular weight is 354 g/mol. The second-order valence-corrected chi connectivity index (χ2v) is 7.02. The first-order chi connectivity index (χ1) is 12.3. The number of hydrogen-bond donors (Lipinski definition) is 1. The predicted molar refractivity (Wildman–Crippen MR) is 95.8 cm³/mol. The van der Waals surface area contributed by atoms with Gasteiger partial charge in [-0.2, -0.15) is 0 Å². The van der Waals surface area contributed by atoms with Crippen LogP contribution in [0, 0.1) is 0 Å². The summed E-state index contributed by atoms with van der Waals surface area (Å²) in [6, 6.07) is 8.01. The molecule has 0 saturated heterocycles. The second-order valence-electron chi connectivity index (χ2n) is 6.13. The number of rotatable bonds is 4. The van der Waals surface area contributed by atoms with Gasteiger partial charge in [0.05, 0.1) is 15.7 Å². The first kappa shape index (κ1) is 16.0. The number of carbonyl (C=O) groups is 1. The van der Waals surface area contributed by atoms with Gasteiger partial charge in [-0.25, -0.2) is 15.0 Å². The Morgan fingerprint density at radius 1 is 1.12 bits per heavy atom. The van der Waals surface area contributed by atoms with E-state index in [1.54, 1.807) is 35.3 Å². The topological polar surface area (TPSA) is 77.0 Å². The summed E-state index contributed by atoms with van der Waals surface area (Å²) >= 11 is 1.55. The maximum Gasteiger partial charge on any atom is 0.316 e. The number of amides is 1. The molecule has 0 radical (unpaired) electrons. The van der Waals surface area contributed by atoms with Crippen LogP contribution in [0.5, 0.6) is 6.01 Å². The lowest BCUT2D eigenvalue weighted by atomic mass is 9.92. The van der Waals surface area contributed by atoms with E-state index < -0.39 is 0 Å². The van der Waals surface area contributed by atoms with Gasteiger partial charge in [0.2, 0.25) is 0 Å². The van der Waals surface area contributed by atoms with Gasteiger partial charge in [0.15, 0.2) is 0 Å². The van der Waals surface area contributed by atoms with Crippen molar-refractivity contribution in [2.24, 2.45) is 0 Å². The Morgan fingerprint density at radius 2 is 1.92 bits per heavy atom. The molecule has 1 N–H and O–H groups in total. The van der Waals surface area contributed by atoms with Crippen LogP contribution < -0.4 is 10.1 Å². The molecule has 0 unspecified atom stereocenters. The van der Waals surface area contributed by atoms with E-state index in [1.807, 2.05) is 18.2 Å². The summed E-state index contributed by atoms with van der Waals surface area (Å²) in [7, 11) is 0. The molecule has 2 heterocycles. The van der Waals surface area contributed by atoms with E-state index in [0.717, 1.165) is 35.9 Å². The maximum absolute atomic E-state index is 12.5. The molecule has 1 aliphatic rings. The minimum absolute atomic E-state index is 0.0222. The molecular formula is C18H18N4O2S. The van der Waals surface area contributed by atoms with Gasteiger partial charge in [-0.15, -0.1) is 11.3 Å². The van der Waals surface area contributed by atoms with Crippen LogP contribution in [0.3, 0.4) is 0 Å². The van der Waals surface area contributed by atoms with Crippen molar-refractivity contribution in [2.45, 2.75) is 37.8 Å². The van der Waals surface area contributed by atoms with Crippen molar-refractivity contribution in [2.75, 3.05) is 0 Å². The molecule has 1 fully saturated rings. The lowest BCUT2D eigenvalue weighted by molar-refractivity contribution is 0.0885. The van der Waals surface area contributed by atoms with Gasteiger partial charge in [-0.05, 0) is 49.9 Å². The maximum atomic E-state index is 12.5. The molecule has 0 spiro atoms. The summed E-state index contributed by atoms with van der Waals surface area (Å²) in [6.45, 7) is 0. The molecule has 1 aromatic carbocycles. The van der Waals surface area contributed by atoms with Gasteiger partial charge < -0.3 is 10.1 Å². The Labute approximate surface area is 149 Å². The van der Waals surface area contributed by atoms with E-state index in [2.05, 4.69) is 20.3 Å². The molecule has 0 bridgehead atoms. The van der Waals surface area contributed by atoms with Gasteiger partial charge in [-0.3, -0.25) is 4.79 Å². The number of ether oxygens (including phenoxy) is 1. The minimum atomic E-state index is -0.0222. The quantitative estimate of drug-likeness (QED) is 0.778. The Bertz CT molecular complexity index is 860. The van der Waals surface area contributed by atoms with Crippen molar-refractivity contribution in [3.8, 4) is 6.01 Å². The molecule has 7 heteroatoms. The number of thiazole rings is 1. The van der Waals surface area contributed by atoms with E-state index in [4.69, 9.17) is 4.74 Å². The Morgan fingerprint density at radius 3 is 2.72 bits per heavy atom. The second kappa shape index (κ2) is 7.14. The van der Waals surface area contributed by atoms with Gasteiger partial charge in [-0.1, -0.05) is 0 Å². The Kier molecular flexibility index (Phi) is 4.56. The third-order valence-corrected chi connectivity index (χ3v) is 5.21. The summed E-state index contributed by atoms with van der Waals surface area (Å²) in [4.78, 5) is 24.9. The molecule has 0 aliphatic heterocycles. The summed E-state index contributed by atoms with van der Waals surface area (Å²) in [6.07, 6.45) is 7.03. The first-order valence-corrected chi connectivity index (χ1v) is 9.24. The van der Waals surface area contributed by atoms with Crippen LogP contribution in [-0.2, 0) is 0 Å². The normalized spacial score (nSPS) is 20.3.